The Morgan fingerprint density at radius 1 is 1.15 bits per heavy atom. The van der Waals surface area contributed by atoms with Crippen LogP contribution in [0, 0.1) is 11.6 Å². The van der Waals surface area contributed by atoms with Gasteiger partial charge in [-0.15, -0.1) is 0 Å². The molecule has 0 aliphatic heterocycles. The molecule has 180 valence electrons. The lowest BCUT2D eigenvalue weighted by Crippen LogP contribution is -2.46. The van der Waals surface area contributed by atoms with Gasteiger partial charge in [0, 0.05) is 30.7 Å². The Hall–Kier alpha value is -3.79. The third kappa shape index (κ3) is 6.61. The van der Waals surface area contributed by atoms with E-state index in [9.17, 15) is 18.4 Å². The lowest BCUT2D eigenvalue weighted by molar-refractivity contribution is 0.113. The highest BCUT2D eigenvalue weighted by molar-refractivity contribution is 5.89. The van der Waals surface area contributed by atoms with E-state index in [1.807, 2.05) is 24.3 Å². The first-order chi connectivity index (χ1) is 16.4. The Morgan fingerprint density at radius 3 is 2.68 bits per heavy atom. The second-order valence-corrected chi connectivity index (χ2v) is 7.71. The third-order valence-electron chi connectivity index (χ3n) is 5.34. The van der Waals surface area contributed by atoms with Gasteiger partial charge in [0.2, 0.25) is 0 Å². The molecule has 1 aromatic heterocycles. The lowest BCUT2D eigenvalue weighted by Gasteiger charge is -2.28. The van der Waals surface area contributed by atoms with Crippen molar-refractivity contribution in [1.82, 2.24) is 15.2 Å². The number of rotatable bonds is 9. The molecule has 34 heavy (non-hydrogen) atoms. The van der Waals surface area contributed by atoms with Crippen molar-refractivity contribution in [3.05, 3.63) is 71.9 Å². The summed E-state index contributed by atoms with van der Waals surface area (Å²) < 4.78 is 32.5. The van der Waals surface area contributed by atoms with E-state index < -0.39 is 29.8 Å². The highest BCUT2D eigenvalue weighted by Crippen LogP contribution is 2.16. The molecule has 0 fully saturated rings. The summed E-state index contributed by atoms with van der Waals surface area (Å²) in [4.78, 5) is 30.4. The number of hydrogen-bond acceptors (Lipinski definition) is 5. The number of likely N-dealkylation sites (N-methyl/N-ethyl adjacent to an activating group) is 1. The lowest BCUT2D eigenvalue weighted by atomic mass is 10.1. The van der Waals surface area contributed by atoms with Gasteiger partial charge in [-0.2, -0.15) is 0 Å². The van der Waals surface area contributed by atoms with Crippen LogP contribution in [0.15, 0.2) is 54.7 Å². The Labute approximate surface area is 196 Å². The maximum atomic E-state index is 13.8. The fraction of sp³-hybridized carbons (Fsp3) is 0.292. The summed E-state index contributed by atoms with van der Waals surface area (Å²) in [6.45, 7) is 0.122. The predicted octanol–water partition coefficient (Wildman–Crippen LogP) is 4.01. The number of hydrogen-bond donors (Lipinski definition) is 3. The van der Waals surface area contributed by atoms with Gasteiger partial charge in [0.05, 0.1) is 6.04 Å². The van der Waals surface area contributed by atoms with Crippen molar-refractivity contribution in [1.29, 1.82) is 0 Å². The van der Waals surface area contributed by atoms with Gasteiger partial charge in [-0.1, -0.05) is 36.4 Å². The average molecular weight is 472 g/mol. The number of urea groups is 1. The van der Waals surface area contributed by atoms with Crippen molar-refractivity contribution in [2.24, 2.45) is 5.73 Å². The van der Waals surface area contributed by atoms with Crippen molar-refractivity contribution < 1.29 is 23.1 Å². The molecule has 0 aliphatic rings. The molecule has 0 bridgehead atoms. The first-order valence-electron chi connectivity index (χ1n) is 10.8. The second-order valence-electron chi connectivity index (χ2n) is 7.71. The molecule has 2 aromatic carbocycles. The van der Waals surface area contributed by atoms with E-state index in [4.69, 9.17) is 10.5 Å². The van der Waals surface area contributed by atoms with Crippen LogP contribution >= 0.6 is 0 Å². The number of carbonyl (C=O) groups excluding carboxylic acids is 2. The molecule has 0 saturated heterocycles. The zero-order chi connectivity index (χ0) is 24.5. The van der Waals surface area contributed by atoms with E-state index in [0.29, 0.717) is 25.2 Å². The van der Waals surface area contributed by atoms with Crippen LogP contribution in [0.2, 0.25) is 0 Å². The molecule has 3 aromatic rings. The third-order valence-corrected chi connectivity index (χ3v) is 5.34. The smallest absolute Gasteiger partial charge is 0.412 e. The molecular formula is C24H27F2N5O3. The van der Waals surface area contributed by atoms with Gasteiger partial charge in [0.15, 0.2) is 11.6 Å². The van der Waals surface area contributed by atoms with Gasteiger partial charge < -0.3 is 20.7 Å². The van der Waals surface area contributed by atoms with E-state index in [0.717, 1.165) is 16.8 Å². The number of benzene rings is 2. The van der Waals surface area contributed by atoms with Crippen LogP contribution in [-0.2, 0) is 11.3 Å². The summed E-state index contributed by atoms with van der Waals surface area (Å²) in [5.74, 6) is -1.65. The van der Waals surface area contributed by atoms with Gasteiger partial charge in [0.1, 0.15) is 12.4 Å². The minimum Gasteiger partial charge on any atom is -0.447 e. The van der Waals surface area contributed by atoms with Crippen LogP contribution < -0.4 is 16.4 Å². The van der Waals surface area contributed by atoms with Crippen LogP contribution in [0.3, 0.4) is 0 Å². The zero-order valence-corrected chi connectivity index (χ0v) is 18.8. The molecule has 0 radical (unpaired) electrons. The molecule has 3 rings (SSSR count). The van der Waals surface area contributed by atoms with E-state index in [2.05, 4.69) is 15.6 Å². The first kappa shape index (κ1) is 24.8. The fourth-order valence-electron chi connectivity index (χ4n) is 3.35. The van der Waals surface area contributed by atoms with Gasteiger partial charge in [0.25, 0.3) is 0 Å². The Morgan fingerprint density at radius 2 is 1.91 bits per heavy atom. The standard InChI is InChI=1S/C24H27F2N5O3/c1-31(23(32)29-14-18-8-4-10-20(25)22(18)26)19(9-5-11-27)15-34-24(33)30-21-12-16-6-2-3-7-17(16)13-28-21/h2-4,6-8,10,12-13,19H,5,9,11,14-15,27H2,1H3,(H,29,32)(H,28,30,33)/t19-/m0/s1. The SMILES string of the molecule is CN(C(=O)NCc1cccc(F)c1F)[C@@H](CCCN)COC(=O)Nc1cc2ccccc2cn1. The summed E-state index contributed by atoms with van der Waals surface area (Å²) in [5, 5.41) is 6.99. The minimum atomic E-state index is -1.01. The van der Waals surface area contributed by atoms with E-state index in [1.54, 1.807) is 12.3 Å². The minimum absolute atomic E-state index is 0.0266. The van der Waals surface area contributed by atoms with Crippen LogP contribution in [0.25, 0.3) is 10.8 Å². The van der Waals surface area contributed by atoms with Crippen LogP contribution in [0.1, 0.15) is 18.4 Å². The molecule has 1 heterocycles. The number of aromatic nitrogens is 1. The maximum absolute atomic E-state index is 13.8. The maximum Gasteiger partial charge on any atom is 0.412 e. The fourth-order valence-corrected chi connectivity index (χ4v) is 3.35. The Kier molecular flexibility index (Phi) is 8.69. The number of nitrogens with zero attached hydrogens (tertiary/aromatic N) is 2. The normalized spacial score (nSPS) is 11.6. The quantitative estimate of drug-likeness (QED) is 0.437. The van der Waals surface area contributed by atoms with E-state index in [1.165, 1.54) is 24.1 Å². The number of carbonyl (C=O) groups is 2. The highest BCUT2D eigenvalue weighted by Gasteiger charge is 2.22. The molecule has 3 amide bonds. The van der Waals surface area contributed by atoms with Gasteiger partial charge >= 0.3 is 12.1 Å². The van der Waals surface area contributed by atoms with E-state index >= 15 is 0 Å². The van der Waals surface area contributed by atoms with E-state index in [-0.39, 0.29) is 18.7 Å². The Balaban J connectivity index is 1.56. The summed E-state index contributed by atoms with van der Waals surface area (Å²) in [6.07, 6.45) is 2.01. The van der Waals surface area contributed by atoms with Crippen LogP contribution in [0.4, 0.5) is 24.2 Å². The largest absolute Gasteiger partial charge is 0.447 e. The molecule has 0 unspecified atom stereocenters. The number of amides is 3. The van der Waals surface area contributed by atoms with Gasteiger partial charge in [-0.05, 0) is 36.9 Å². The first-order valence-corrected chi connectivity index (χ1v) is 10.8. The van der Waals surface area contributed by atoms with Crippen molar-refractivity contribution >= 4 is 28.7 Å². The monoisotopic (exact) mass is 471 g/mol. The number of halogens is 2. The molecular weight excluding hydrogens is 444 g/mol. The average Bonchev–Trinajstić information content (AvgIpc) is 2.84. The molecule has 0 spiro atoms. The predicted molar refractivity (Wildman–Crippen MR) is 125 cm³/mol. The molecule has 8 nitrogen and oxygen atoms in total. The molecule has 4 N–H and O–H groups in total. The topological polar surface area (TPSA) is 110 Å². The summed E-state index contributed by atoms with van der Waals surface area (Å²) in [5.41, 5.74) is 5.62. The van der Waals surface area contributed by atoms with Crippen LogP contribution in [0.5, 0.6) is 0 Å². The number of pyridine rings is 1. The zero-order valence-electron chi connectivity index (χ0n) is 18.8. The Bertz CT molecular complexity index is 1140. The summed E-state index contributed by atoms with van der Waals surface area (Å²) in [6, 6.07) is 12.1. The molecule has 1 atom stereocenters. The molecule has 0 saturated carbocycles. The van der Waals surface area contributed by atoms with Gasteiger partial charge in [-0.25, -0.2) is 23.4 Å². The molecule has 0 aliphatic carbocycles. The van der Waals surface area contributed by atoms with Crippen molar-refractivity contribution in [2.45, 2.75) is 25.4 Å². The summed E-state index contributed by atoms with van der Waals surface area (Å²) >= 11 is 0. The number of fused-ring (bicyclic) bond motifs is 1. The number of anilines is 1. The summed E-state index contributed by atoms with van der Waals surface area (Å²) in [7, 11) is 1.53. The van der Waals surface area contributed by atoms with Crippen LogP contribution in [-0.4, -0.2) is 48.2 Å². The second kappa shape index (κ2) is 11.9. The number of ether oxygens (including phenoxy) is 1. The molecule has 10 heteroatoms. The van der Waals surface area contributed by atoms with Crippen molar-refractivity contribution in [2.75, 3.05) is 25.5 Å². The number of nitrogens with one attached hydrogen (secondary N) is 2. The number of nitrogens with two attached hydrogens (primary N) is 1. The van der Waals surface area contributed by atoms with Crippen molar-refractivity contribution in [3.8, 4) is 0 Å². The van der Waals surface area contributed by atoms with Crippen molar-refractivity contribution in [3.63, 3.8) is 0 Å². The van der Waals surface area contributed by atoms with Gasteiger partial charge in [-0.3, -0.25) is 5.32 Å². The highest BCUT2D eigenvalue weighted by atomic mass is 19.2.